The van der Waals surface area contributed by atoms with Gasteiger partial charge in [-0.3, -0.25) is 14.9 Å². The van der Waals surface area contributed by atoms with Gasteiger partial charge in [0.1, 0.15) is 11.7 Å². The number of hydrogen-bond acceptors (Lipinski definition) is 4. The van der Waals surface area contributed by atoms with Gasteiger partial charge < -0.3 is 15.4 Å². The Hall–Kier alpha value is -2.38. The Morgan fingerprint density at radius 3 is 2.50 bits per heavy atom. The van der Waals surface area contributed by atoms with Crippen LogP contribution in [0.5, 0.6) is 0 Å². The Labute approximate surface area is 102 Å². The summed E-state index contributed by atoms with van der Waals surface area (Å²) < 4.78 is 0. The van der Waals surface area contributed by atoms with E-state index in [0.717, 1.165) is 12.3 Å². The number of nitrogens with one attached hydrogen (secondary N) is 2. The third-order valence-corrected chi connectivity index (χ3v) is 2.34. The molecule has 0 spiro atoms. The lowest BCUT2D eigenvalue weighted by molar-refractivity contribution is -0.384. The summed E-state index contributed by atoms with van der Waals surface area (Å²) >= 11 is 0. The fourth-order valence-electron chi connectivity index (χ4n) is 1.35. The number of nitro groups is 1. The quantitative estimate of drug-likeness (QED) is 0.529. The topological polar surface area (TPSA) is 125 Å². The number of aromatic nitrogens is 1. The maximum atomic E-state index is 11.7. The van der Waals surface area contributed by atoms with E-state index in [2.05, 4.69) is 10.3 Å². The van der Waals surface area contributed by atoms with Gasteiger partial charge in [-0.25, -0.2) is 4.79 Å². The molecule has 1 heterocycles. The van der Waals surface area contributed by atoms with Crippen molar-refractivity contribution in [1.82, 2.24) is 10.3 Å². The van der Waals surface area contributed by atoms with Crippen molar-refractivity contribution in [2.45, 2.75) is 19.9 Å². The molecule has 0 radical (unpaired) electrons. The summed E-state index contributed by atoms with van der Waals surface area (Å²) in [4.78, 5) is 34.8. The zero-order valence-corrected chi connectivity index (χ0v) is 9.84. The maximum absolute atomic E-state index is 11.7. The van der Waals surface area contributed by atoms with Crippen molar-refractivity contribution in [2.24, 2.45) is 5.92 Å². The number of carbonyl (C=O) groups excluding carboxylic acids is 1. The van der Waals surface area contributed by atoms with Crippen LogP contribution < -0.4 is 5.32 Å². The summed E-state index contributed by atoms with van der Waals surface area (Å²) in [5, 5.41) is 21.6. The van der Waals surface area contributed by atoms with Crippen LogP contribution in [0, 0.1) is 16.0 Å². The third-order valence-electron chi connectivity index (χ3n) is 2.34. The minimum atomic E-state index is -1.15. The van der Waals surface area contributed by atoms with Crippen LogP contribution in [0.1, 0.15) is 24.3 Å². The van der Waals surface area contributed by atoms with Gasteiger partial charge in [0.15, 0.2) is 0 Å². The summed E-state index contributed by atoms with van der Waals surface area (Å²) in [5.74, 6) is -2.14. The molecule has 0 aliphatic rings. The fourth-order valence-corrected chi connectivity index (χ4v) is 1.35. The minimum absolute atomic E-state index is 0.0476. The van der Waals surface area contributed by atoms with Crippen molar-refractivity contribution < 1.29 is 19.6 Å². The van der Waals surface area contributed by atoms with Crippen LogP contribution in [-0.4, -0.2) is 32.9 Å². The molecule has 0 saturated heterocycles. The standard InChI is InChI=1S/C10H13N3O5/c1-5(2)8(10(15)16)12-9(14)7-3-6(4-11-7)13(17)18/h3-5,8,11H,1-2H3,(H,12,14)(H,15,16). The van der Waals surface area contributed by atoms with Crippen LogP contribution >= 0.6 is 0 Å². The van der Waals surface area contributed by atoms with Gasteiger partial charge in [0.25, 0.3) is 11.6 Å². The zero-order valence-electron chi connectivity index (χ0n) is 9.84. The largest absolute Gasteiger partial charge is 0.480 e. The molecule has 0 aliphatic heterocycles. The molecule has 1 atom stereocenters. The minimum Gasteiger partial charge on any atom is -0.480 e. The first kappa shape index (κ1) is 13.7. The van der Waals surface area contributed by atoms with Gasteiger partial charge >= 0.3 is 5.97 Å². The SMILES string of the molecule is CC(C)C(NC(=O)c1cc([N+](=O)[O-])c[nH]1)C(=O)O. The number of amides is 1. The molecule has 1 amide bonds. The Morgan fingerprint density at radius 1 is 1.50 bits per heavy atom. The maximum Gasteiger partial charge on any atom is 0.326 e. The predicted octanol–water partition coefficient (Wildman–Crippen LogP) is 0.762. The highest BCUT2D eigenvalue weighted by atomic mass is 16.6. The van der Waals surface area contributed by atoms with Crippen LogP contribution in [0.4, 0.5) is 5.69 Å². The van der Waals surface area contributed by atoms with Crippen LogP contribution in [0.2, 0.25) is 0 Å². The number of aromatic amines is 1. The molecule has 1 aromatic rings. The van der Waals surface area contributed by atoms with E-state index in [0.29, 0.717) is 0 Å². The van der Waals surface area contributed by atoms with E-state index in [4.69, 9.17) is 5.11 Å². The van der Waals surface area contributed by atoms with E-state index in [-0.39, 0.29) is 17.3 Å². The van der Waals surface area contributed by atoms with Gasteiger partial charge in [-0.1, -0.05) is 13.8 Å². The van der Waals surface area contributed by atoms with Crippen LogP contribution in [0.15, 0.2) is 12.3 Å². The molecule has 0 bridgehead atoms. The summed E-state index contributed by atoms with van der Waals surface area (Å²) in [7, 11) is 0. The lowest BCUT2D eigenvalue weighted by atomic mass is 10.0. The molecular weight excluding hydrogens is 242 g/mol. The van der Waals surface area contributed by atoms with Gasteiger partial charge in [0.2, 0.25) is 0 Å². The fraction of sp³-hybridized carbons (Fsp3) is 0.400. The van der Waals surface area contributed by atoms with Gasteiger partial charge in [-0.05, 0) is 5.92 Å². The number of aliphatic carboxylic acids is 1. The molecular formula is C10H13N3O5. The van der Waals surface area contributed by atoms with Crippen LogP contribution in [0.3, 0.4) is 0 Å². The molecule has 1 unspecified atom stereocenters. The molecule has 98 valence electrons. The lowest BCUT2D eigenvalue weighted by Crippen LogP contribution is -2.44. The molecule has 0 aliphatic carbocycles. The van der Waals surface area contributed by atoms with E-state index < -0.39 is 22.8 Å². The van der Waals surface area contributed by atoms with Gasteiger partial charge in [-0.15, -0.1) is 0 Å². The number of carboxylic acids is 1. The molecule has 18 heavy (non-hydrogen) atoms. The predicted molar refractivity (Wildman–Crippen MR) is 61.2 cm³/mol. The van der Waals surface area contributed by atoms with Crippen molar-refractivity contribution in [1.29, 1.82) is 0 Å². The first-order valence-electron chi connectivity index (χ1n) is 5.19. The highest BCUT2D eigenvalue weighted by molar-refractivity contribution is 5.95. The first-order chi connectivity index (χ1) is 8.32. The number of nitrogens with zero attached hydrogens (tertiary/aromatic N) is 1. The van der Waals surface area contributed by atoms with E-state index >= 15 is 0 Å². The molecule has 1 aromatic heterocycles. The number of rotatable bonds is 5. The van der Waals surface area contributed by atoms with Crippen LogP contribution in [-0.2, 0) is 4.79 Å². The summed E-state index contributed by atoms with van der Waals surface area (Å²) in [6.07, 6.45) is 1.07. The summed E-state index contributed by atoms with van der Waals surface area (Å²) in [6.45, 7) is 3.30. The molecule has 8 nitrogen and oxygen atoms in total. The van der Waals surface area contributed by atoms with Gasteiger partial charge in [0, 0.05) is 6.07 Å². The Balaban J connectivity index is 2.80. The van der Waals surface area contributed by atoms with Crippen molar-refractivity contribution in [2.75, 3.05) is 0 Å². The molecule has 0 saturated carbocycles. The average molecular weight is 255 g/mol. The molecule has 0 aromatic carbocycles. The highest BCUT2D eigenvalue weighted by Crippen LogP contribution is 2.12. The first-order valence-corrected chi connectivity index (χ1v) is 5.19. The van der Waals surface area contributed by atoms with E-state index in [1.165, 1.54) is 0 Å². The number of hydrogen-bond donors (Lipinski definition) is 3. The lowest BCUT2D eigenvalue weighted by Gasteiger charge is -2.17. The van der Waals surface area contributed by atoms with E-state index in [1.54, 1.807) is 13.8 Å². The summed E-state index contributed by atoms with van der Waals surface area (Å²) in [5.41, 5.74) is -0.301. The Bertz CT molecular complexity index is 480. The van der Waals surface area contributed by atoms with Crippen molar-refractivity contribution in [3.8, 4) is 0 Å². The molecule has 8 heteroatoms. The Morgan fingerprint density at radius 2 is 2.11 bits per heavy atom. The van der Waals surface area contributed by atoms with Crippen molar-refractivity contribution >= 4 is 17.6 Å². The van der Waals surface area contributed by atoms with Crippen LogP contribution in [0.25, 0.3) is 0 Å². The second-order valence-electron chi connectivity index (χ2n) is 4.06. The van der Waals surface area contributed by atoms with Crippen molar-refractivity contribution in [3.63, 3.8) is 0 Å². The molecule has 0 fully saturated rings. The van der Waals surface area contributed by atoms with E-state index in [9.17, 15) is 19.7 Å². The number of H-pyrrole nitrogens is 1. The van der Waals surface area contributed by atoms with E-state index in [1.807, 2.05) is 0 Å². The van der Waals surface area contributed by atoms with Crippen molar-refractivity contribution in [3.05, 3.63) is 28.1 Å². The second kappa shape index (κ2) is 5.30. The van der Waals surface area contributed by atoms with Gasteiger partial charge in [0.05, 0.1) is 11.1 Å². The average Bonchev–Trinajstić information content (AvgIpc) is 2.73. The molecule has 3 N–H and O–H groups in total. The number of carboxylic acid groups (broad SMARTS) is 1. The Kier molecular flexibility index (Phi) is 4.03. The highest BCUT2D eigenvalue weighted by Gasteiger charge is 2.25. The smallest absolute Gasteiger partial charge is 0.326 e. The summed E-state index contributed by atoms with van der Waals surface area (Å²) in [6, 6.07) is 0.00837. The molecule has 1 rings (SSSR count). The normalized spacial score (nSPS) is 12.2. The zero-order chi connectivity index (χ0) is 13.9. The monoisotopic (exact) mass is 255 g/mol. The van der Waals surface area contributed by atoms with Gasteiger partial charge in [-0.2, -0.15) is 0 Å². The second-order valence-corrected chi connectivity index (χ2v) is 4.06. The number of carbonyl (C=O) groups is 2. The third kappa shape index (κ3) is 3.06.